The fourth-order valence-electron chi connectivity index (χ4n) is 2.43. The summed E-state index contributed by atoms with van der Waals surface area (Å²) in [5.74, 6) is 0.759. The number of nitrogens with one attached hydrogen (secondary N) is 1. The highest BCUT2D eigenvalue weighted by molar-refractivity contribution is 5.74. The summed E-state index contributed by atoms with van der Waals surface area (Å²) >= 11 is 0. The van der Waals surface area contributed by atoms with Gasteiger partial charge in [-0.05, 0) is 33.6 Å². The summed E-state index contributed by atoms with van der Waals surface area (Å²) < 4.78 is 10.7. The first-order valence-electron chi connectivity index (χ1n) is 7.04. The second-order valence-corrected chi connectivity index (χ2v) is 5.45. The van der Waals surface area contributed by atoms with Crippen LogP contribution in [0.25, 0.3) is 0 Å². The monoisotopic (exact) mass is 281 g/mol. The van der Waals surface area contributed by atoms with Crippen LogP contribution >= 0.6 is 0 Å². The number of nitrogens with zero attached hydrogens (tertiary/aromatic N) is 2. The van der Waals surface area contributed by atoms with Gasteiger partial charge in [-0.2, -0.15) is 0 Å². The first kappa shape index (κ1) is 14.8. The third kappa shape index (κ3) is 3.30. The van der Waals surface area contributed by atoms with E-state index in [2.05, 4.69) is 10.5 Å². The average Bonchev–Trinajstić information content (AvgIpc) is 3.03. The molecule has 1 aliphatic heterocycles. The first-order valence-corrected chi connectivity index (χ1v) is 7.04. The molecule has 1 fully saturated rings. The molecule has 2 heterocycles. The molecular formula is C14H23N3O3. The highest BCUT2D eigenvalue weighted by atomic mass is 16.5. The van der Waals surface area contributed by atoms with Gasteiger partial charge < -0.3 is 19.5 Å². The zero-order chi connectivity index (χ0) is 14.7. The summed E-state index contributed by atoms with van der Waals surface area (Å²) in [6.45, 7) is 7.01. The van der Waals surface area contributed by atoms with E-state index in [0.717, 1.165) is 36.5 Å². The second kappa shape index (κ2) is 6.26. The van der Waals surface area contributed by atoms with Crippen LogP contribution in [0.3, 0.4) is 0 Å². The largest absolute Gasteiger partial charge is 0.376 e. The molecule has 2 amide bonds. The quantitative estimate of drug-likeness (QED) is 0.916. The minimum absolute atomic E-state index is 0.0251. The van der Waals surface area contributed by atoms with Gasteiger partial charge in [0.15, 0.2) is 0 Å². The van der Waals surface area contributed by atoms with Crippen LogP contribution in [0.1, 0.15) is 36.8 Å². The molecule has 2 rings (SSSR count). The average molecular weight is 281 g/mol. The standard InChI is InChI=1S/C14H23N3O3/c1-9-12(11(3)20-16-9)8-17(4)14(18)15-10(2)13-6-5-7-19-13/h10,13H,5-8H2,1-4H3,(H,15,18)/t10-,13+/m0/s1. The Morgan fingerprint density at radius 3 is 2.85 bits per heavy atom. The predicted molar refractivity (Wildman–Crippen MR) is 74.4 cm³/mol. The SMILES string of the molecule is Cc1noc(C)c1CN(C)C(=O)N[C@@H](C)[C@H]1CCCO1. The van der Waals surface area contributed by atoms with Gasteiger partial charge in [0.25, 0.3) is 0 Å². The Kier molecular flexibility index (Phi) is 4.65. The Morgan fingerprint density at radius 1 is 1.55 bits per heavy atom. The predicted octanol–water partition coefficient (Wildman–Crippen LogP) is 2.00. The minimum atomic E-state index is -0.104. The molecule has 6 heteroatoms. The molecule has 1 saturated heterocycles. The minimum Gasteiger partial charge on any atom is -0.376 e. The third-order valence-corrected chi connectivity index (χ3v) is 3.80. The number of hydrogen-bond donors (Lipinski definition) is 1. The number of ether oxygens (including phenoxy) is 1. The molecule has 1 aromatic heterocycles. The van der Waals surface area contributed by atoms with Crippen LogP contribution < -0.4 is 5.32 Å². The number of urea groups is 1. The topological polar surface area (TPSA) is 67.6 Å². The van der Waals surface area contributed by atoms with E-state index in [1.807, 2.05) is 20.8 Å². The zero-order valence-electron chi connectivity index (χ0n) is 12.6. The Balaban J connectivity index is 1.88. The van der Waals surface area contributed by atoms with Crippen molar-refractivity contribution in [2.75, 3.05) is 13.7 Å². The second-order valence-electron chi connectivity index (χ2n) is 5.45. The lowest BCUT2D eigenvalue weighted by Gasteiger charge is -2.24. The van der Waals surface area contributed by atoms with Gasteiger partial charge in [0.2, 0.25) is 0 Å². The highest BCUT2D eigenvalue weighted by Gasteiger charge is 2.25. The smallest absolute Gasteiger partial charge is 0.317 e. The summed E-state index contributed by atoms with van der Waals surface area (Å²) in [6.07, 6.45) is 2.21. The van der Waals surface area contributed by atoms with Gasteiger partial charge in [-0.1, -0.05) is 5.16 Å². The van der Waals surface area contributed by atoms with Gasteiger partial charge >= 0.3 is 6.03 Å². The van der Waals surface area contributed by atoms with Gasteiger partial charge in [0.1, 0.15) is 5.76 Å². The number of carbonyl (C=O) groups is 1. The molecule has 1 aliphatic rings. The first-order chi connectivity index (χ1) is 9.49. The lowest BCUT2D eigenvalue weighted by Crippen LogP contribution is -2.46. The summed E-state index contributed by atoms with van der Waals surface area (Å²) in [4.78, 5) is 13.8. The van der Waals surface area contributed by atoms with Crippen LogP contribution in [0.4, 0.5) is 4.79 Å². The Labute approximate surface area is 119 Å². The van der Waals surface area contributed by atoms with Crippen LogP contribution in [0.5, 0.6) is 0 Å². The molecule has 6 nitrogen and oxygen atoms in total. The fraction of sp³-hybridized carbons (Fsp3) is 0.714. The van der Waals surface area contributed by atoms with E-state index in [9.17, 15) is 4.79 Å². The Bertz CT molecular complexity index is 447. The van der Waals surface area contributed by atoms with Crippen molar-refractivity contribution in [2.45, 2.75) is 52.3 Å². The van der Waals surface area contributed by atoms with Crippen molar-refractivity contribution in [1.29, 1.82) is 0 Å². The molecule has 0 unspecified atom stereocenters. The number of hydrogen-bond acceptors (Lipinski definition) is 4. The van der Waals surface area contributed by atoms with Crippen molar-refractivity contribution < 1.29 is 14.1 Å². The molecule has 1 N–H and O–H groups in total. The molecule has 0 saturated carbocycles. The van der Waals surface area contributed by atoms with Crippen molar-refractivity contribution in [3.63, 3.8) is 0 Å². The number of amides is 2. The van der Waals surface area contributed by atoms with Gasteiger partial charge in [0, 0.05) is 19.2 Å². The molecule has 0 bridgehead atoms. The maximum atomic E-state index is 12.2. The van der Waals surface area contributed by atoms with Crippen molar-refractivity contribution >= 4 is 6.03 Å². The lowest BCUT2D eigenvalue weighted by atomic mass is 10.1. The molecule has 20 heavy (non-hydrogen) atoms. The highest BCUT2D eigenvalue weighted by Crippen LogP contribution is 2.17. The summed E-state index contributed by atoms with van der Waals surface area (Å²) in [5, 5.41) is 6.88. The van der Waals surface area contributed by atoms with Crippen molar-refractivity contribution in [3.8, 4) is 0 Å². The third-order valence-electron chi connectivity index (χ3n) is 3.80. The van der Waals surface area contributed by atoms with E-state index in [-0.39, 0.29) is 18.2 Å². The summed E-state index contributed by atoms with van der Waals surface area (Å²) in [7, 11) is 1.77. The van der Waals surface area contributed by atoms with E-state index in [1.165, 1.54) is 0 Å². The lowest BCUT2D eigenvalue weighted by molar-refractivity contribution is 0.0838. The Hall–Kier alpha value is -1.56. The molecule has 1 aromatic rings. The molecule has 0 aliphatic carbocycles. The van der Waals surface area contributed by atoms with Crippen molar-refractivity contribution in [3.05, 3.63) is 17.0 Å². The summed E-state index contributed by atoms with van der Waals surface area (Å²) in [6, 6.07) is -0.0786. The number of aryl methyl sites for hydroxylation is 2. The summed E-state index contributed by atoms with van der Waals surface area (Å²) in [5.41, 5.74) is 1.79. The van der Waals surface area contributed by atoms with Crippen molar-refractivity contribution in [2.24, 2.45) is 0 Å². The number of aromatic nitrogens is 1. The molecule has 112 valence electrons. The number of carbonyl (C=O) groups excluding carboxylic acids is 1. The fourth-order valence-corrected chi connectivity index (χ4v) is 2.43. The normalized spacial score (nSPS) is 19.9. The van der Waals surface area contributed by atoms with Gasteiger partial charge in [-0.3, -0.25) is 0 Å². The molecule has 2 atom stereocenters. The van der Waals surface area contributed by atoms with Crippen LogP contribution in [0.15, 0.2) is 4.52 Å². The molecule has 0 spiro atoms. The number of rotatable bonds is 4. The van der Waals surface area contributed by atoms with Crippen LogP contribution in [-0.4, -0.2) is 41.9 Å². The van der Waals surface area contributed by atoms with E-state index >= 15 is 0 Å². The van der Waals surface area contributed by atoms with Crippen LogP contribution in [0.2, 0.25) is 0 Å². The van der Waals surface area contributed by atoms with Gasteiger partial charge in [-0.15, -0.1) is 0 Å². The Morgan fingerprint density at radius 2 is 2.30 bits per heavy atom. The van der Waals surface area contributed by atoms with Gasteiger partial charge in [0.05, 0.1) is 24.4 Å². The molecule has 0 radical (unpaired) electrons. The van der Waals surface area contributed by atoms with Crippen LogP contribution in [0, 0.1) is 13.8 Å². The van der Waals surface area contributed by atoms with Crippen molar-refractivity contribution in [1.82, 2.24) is 15.4 Å². The molecular weight excluding hydrogens is 258 g/mol. The van der Waals surface area contributed by atoms with E-state index in [4.69, 9.17) is 9.26 Å². The van der Waals surface area contributed by atoms with E-state index in [0.29, 0.717) is 6.54 Å². The molecule has 0 aromatic carbocycles. The maximum absolute atomic E-state index is 12.2. The van der Waals surface area contributed by atoms with E-state index in [1.54, 1.807) is 11.9 Å². The zero-order valence-corrected chi connectivity index (χ0v) is 12.6. The van der Waals surface area contributed by atoms with Gasteiger partial charge in [-0.25, -0.2) is 4.79 Å². The van der Waals surface area contributed by atoms with E-state index < -0.39 is 0 Å². The maximum Gasteiger partial charge on any atom is 0.317 e. The van der Waals surface area contributed by atoms with Crippen LogP contribution in [-0.2, 0) is 11.3 Å².